The Bertz CT molecular complexity index is 656. The molecule has 0 radical (unpaired) electrons. The van der Waals surface area contributed by atoms with Crippen molar-refractivity contribution < 1.29 is 66.6 Å². The first-order valence-corrected chi connectivity index (χ1v) is 7.61. The molecule has 0 saturated heterocycles. The second kappa shape index (κ2) is 21.5. The third-order valence-electron chi connectivity index (χ3n) is 1.99. The van der Waals surface area contributed by atoms with Crippen LogP contribution in [-0.2, 0) is 14.3 Å². The zero-order chi connectivity index (χ0) is 22.9. The fourth-order valence-corrected chi connectivity index (χ4v) is 1.34. The van der Waals surface area contributed by atoms with E-state index < -0.39 is 46.3 Å². The minimum Gasteiger partial charge on any atom is -0.857 e. The van der Waals surface area contributed by atoms with Gasteiger partial charge in [-0.2, -0.15) is 7.11 Å². The Labute approximate surface area is 194 Å². The minimum atomic E-state index is -3.24. The average Bonchev–Trinajstić information content (AvgIpc) is 2.65. The largest absolute Gasteiger partial charge is 1.00 e. The third-order valence-corrected chi connectivity index (χ3v) is 2.75. The van der Waals surface area contributed by atoms with Gasteiger partial charge in [0, 0.05) is 0 Å². The van der Waals surface area contributed by atoms with Crippen molar-refractivity contribution in [3.05, 3.63) is 27.4 Å². The number of ether oxygens (including phenoxy) is 1. The molecule has 0 aliphatic heterocycles. The number of nitrogens with one attached hydrogen (secondary N) is 2. The number of H-pyrrole nitrogens is 1. The molecule has 162 valence electrons. The van der Waals surface area contributed by atoms with Crippen LogP contribution in [0.2, 0.25) is 5.02 Å². The fraction of sp³-hybridized carbons (Fsp3) is 0.462. The van der Waals surface area contributed by atoms with Crippen molar-refractivity contribution in [1.82, 2.24) is 9.97 Å². The second-order valence-corrected chi connectivity index (χ2v) is 4.53. The van der Waals surface area contributed by atoms with E-state index in [1.165, 1.54) is 6.92 Å². The maximum atomic E-state index is 11.9. The molecule has 1 heterocycles. The number of Topliss-reactive ketones (excluding diaryl/α,β-unsaturated/α-hetero) is 1. The Morgan fingerprint density at radius 2 is 1.83 bits per heavy atom. The topological polar surface area (TPSA) is 162 Å². The number of esters is 1. The third kappa shape index (κ3) is 16.3. The maximum Gasteiger partial charge on any atom is 1.00 e. The molecular formula is C13H17Cl2F4N4NaO5. The van der Waals surface area contributed by atoms with E-state index in [2.05, 4.69) is 20.4 Å². The summed E-state index contributed by atoms with van der Waals surface area (Å²) in [5, 5.41) is 11.7. The molecule has 0 saturated carbocycles. The van der Waals surface area contributed by atoms with Gasteiger partial charge in [0.2, 0.25) is 5.78 Å². The van der Waals surface area contributed by atoms with Crippen molar-refractivity contribution in [2.24, 2.45) is 5.73 Å². The number of hydrogen-bond acceptors (Lipinski definition) is 7. The van der Waals surface area contributed by atoms with Crippen molar-refractivity contribution in [2.75, 3.05) is 13.7 Å². The first-order chi connectivity index (χ1) is 13.0. The number of aromatic nitrogens is 2. The van der Waals surface area contributed by atoms with Crippen LogP contribution in [0, 0.1) is 5.41 Å². The summed E-state index contributed by atoms with van der Waals surface area (Å²) in [4.78, 5) is 36.8. The summed E-state index contributed by atoms with van der Waals surface area (Å²) in [6.07, 6.45) is -4.42. The van der Waals surface area contributed by atoms with Crippen LogP contribution in [0.15, 0.2) is 11.1 Å². The summed E-state index contributed by atoms with van der Waals surface area (Å²) >= 11 is 10.3. The van der Waals surface area contributed by atoms with Gasteiger partial charge in [-0.05, 0) is 6.92 Å². The Morgan fingerprint density at radius 3 is 2.14 bits per heavy atom. The number of alkyl halides is 5. The van der Waals surface area contributed by atoms with E-state index in [-0.39, 0.29) is 36.2 Å². The predicted octanol–water partition coefficient (Wildman–Crippen LogP) is -2.12. The summed E-state index contributed by atoms with van der Waals surface area (Å²) in [5.41, 5.74) is 2.95. The van der Waals surface area contributed by atoms with E-state index in [1.807, 2.05) is 0 Å². The first-order valence-electron chi connectivity index (χ1n) is 6.80. The smallest absolute Gasteiger partial charge is 0.857 e. The van der Waals surface area contributed by atoms with Gasteiger partial charge in [0.1, 0.15) is 10.7 Å². The van der Waals surface area contributed by atoms with Crippen LogP contribution in [-0.4, -0.2) is 53.6 Å². The average molecular weight is 479 g/mol. The van der Waals surface area contributed by atoms with Gasteiger partial charge in [0.25, 0.3) is 18.4 Å². The van der Waals surface area contributed by atoms with E-state index >= 15 is 0 Å². The molecular weight excluding hydrogens is 462 g/mol. The molecule has 0 aliphatic rings. The molecule has 0 aliphatic carbocycles. The van der Waals surface area contributed by atoms with Crippen molar-refractivity contribution in [3.8, 4) is 0 Å². The number of carbonyl (C=O) groups is 2. The summed E-state index contributed by atoms with van der Waals surface area (Å²) in [7, 11) is 0.750. The van der Waals surface area contributed by atoms with E-state index in [4.69, 9.17) is 33.7 Å². The molecule has 0 aromatic carbocycles. The van der Waals surface area contributed by atoms with Gasteiger partial charge in [-0.15, -0.1) is 11.6 Å². The number of rotatable bonds is 5. The monoisotopic (exact) mass is 478 g/mol. The molecule has 1 rings (SSSR count). The van der Waals surface area contributed by atoms with Crippen molar-refractivity contribution in [2.45, 2.75) is 25.2 Å². The Kier molecular flexibility index (Phi) is 26.0. The van der Waals surface area contributed by atoms with Crippen LogP contribution in [0.3, 0.4) is 0 Å². The maximum absolute atomic E-state index is 11.9. The number of aromatic amines is 1. The van der Waals surface area contributed by atoms with E-state index in [0.717, 1.165) is 19.8 Å². The van der Waals surface area contributed by atoms with Gasteiger partial charge >= 0.3 is 35.5 Å². The number of nitrogens with two attached hydrogens (primary N) is 1. The van der Waals surface area contributed by atoms with Crippen LogP contribution in [0.5, 0.6) is 0 Å². The second-order valence-electron chi connectivity index (χ2n) is 3.72. The Morgan fingerprint density at radius 1 is 1.38 bits per heavy atom. The molecule has 9 nitrogen and oxygen atoms in total. The molecule has 4 N–H and O–H groups in total. The first kappa shape index (κ1) is 35.2. The SMILES string of the molecule is CCOC(=O)C(Cl)C(=O)C(F)F.C[O-].N=CN.O=c1[nH]cnc(C(F)F)c1Cl.[Na+]. The minimum absolute atomic E-state index is 0. The molecule has 1 atom stereocenters. The van der Waals surface area contributed by atoms with Gasteiger partial charge in [-0.1, -0.05) is 11.6 Å². The normalized spacial score (nSPS) is 9.90. The molecule has 1 aromatic heterocycles. The van der Waals surface area contributed by atoms with Gasteiger partial charge in [0.05, 0.1) is 19.3 Å². The Balaban J connectivity index is -0.000000172. The standard InChI is InChI=1S/C6H7ClF2O3.C5H3ClF2N2O.CH4N2.CH3O.Na/c1-2-12-6(11)3(7)4(10)5(8)9;6-2-3(4(7)8)9-1-10-5(2)11;2-1-3;1-2;/h3,5H,2H2,1H3;1,4H,(H,9,10,11);1H,(H3,2,3);1H3;/q;;;-1;+1. The van der Waals surface area contributed by atoms with Gasteiger partial charge in [-0.25, -0.2) is 27.3 Å². The van der Waals surface area contributed by atoms with Crippen LogP contribution < -0.4 is 46.0 Å². The molecule has 0 fully saturated rings. The zero-order valence-corrected chi connectivity index (χ0v) is 18.9. The summed E-state index contributed by atoms with van der Waals surface area (Å²) in [6.45, 7) is 1.48. The van der Waals surface area contributed by atoms with Crippen molar-refractivity contribution in [3.63, 3.8) is 0 Å². The fourth-order valence-electron chi connectivity index (χ4n) is 0.991. The molecule has 0 spiro atoms. The number of hydrogen-bond donors (Lipinski definition) is 3. The molecule has 1 aromatic rings. The summed E-state index contributed by atoms with van der Waals surface area (Å²) in [6, 6.07) is 0. The van der Waals surface area contributed by atoms with Crippen molar-refractivity contribution >= 4 is 41.3 Å². The number of nitrogens with zero attached hydrogens (tertiary/aromatic N) is 1. The van der Waals surface area contributed by atoms with Gasteiger partial charge in [-0.3, -0.25) is 15.0 Å². The quantitative estimate of drug-likeness (QED) is 0.0828. The van der Waals surface area contributed by atoms with E-state index in [0.29, 0.717) is 0 Å². The zero-order valence-electron chi connectivity index (χ0n) is 15.4. The molecule has 0 amide bonds. The van der Waals surface area contributed by atoms with Crippen LogP contribution >= 0.6 is 23.2 Å². The predicted molar refractivity (Wildman–Crippen MR) is 91.0 cm³/mol. The number of ketones is 1. The molecule has 0 bridgehead atoms. The van der Waals surface area contributed by atoms with Crippen LogP contribution in [0.4, 0.5) is 17.6 Å². The van der Waals surface area contributed by atoms with Crippen molar-refractivity contribution in [1.29, 1.82) is 5.41 Å². The van der Waals surface area contributed by atoms with Gasteiger partial charge < -0.3 is 20.6 Å². The molecule has 16 heteroatoms. The summed E-state index contributed by atoms with van der Waals surface area (Å²) < 4.78 is 51.3. The van der Waals surface area contributed by atoms with E-state index in [9.17, 15) is 31.9 Å². The molecule has 29 heavy (non-hydrogen) atoms. The van der Waals surface area contributed by atoms with Crippen LogP contribution in [0.25, 0.3) is 0 Å². The van der Waals surface area contributed by atoms with E-state index in [1.54, 1.807) is 0 Å². The van der Waals surface area contributed by atoms with Gasteiger partial charge in [0.15, 0.2) is 5.38 Å². The molecule has 1 unspecified atom stereocenters. The summed E-state index contributed by atoms with van der Waals surface area (Å²) in [5.74, 6) is -2.76. The number of carbonyl (C=O) groups excluding carboxylic acids is 2. The van der Waals surface area contributed by atoms with Crippen LogP contribution in [0.1, 0.15) is 19.0 Å². The Hall–Kier alpha value is -1.25. The number of halogens is 6.